The topological polar surface area (TPSA) is 55.3 Å². The van der Waals surface area contributed by atoms with Crippen molar-refractivity contribution in [1.29, 1.82) is 0 Å². The van der Waals surface area contributed by atoms with Crippen molar-refractivity contribution in [3.8, 4) is 0 Å². The van der Waals surface area contributed by atoms with Gasteiger partial charge in [0.1, 0.15) is 11.9 Å². The van der Waals surface area contributed by atoms with Gasteiger partial charge in [-0.3, -0.25) is 0 Å². The minimum atomic E-state index is -0.209. The molecule has 0 radical (unpaired) electrons. The minimum absolute atomic E-state index is 0.0272. The molecule has 120 valence electrons. The number of hydrogen-bond donors (Lipinski definition) is 0. The van der Waals surface area contributed by atoms with Crippen molar-refractivity contribution in [2.75, 3.05) is 13.1 Å². The predicted molar refractivity (Wildman–Crippen MR) is 83.7 cm³/mol. The van der Waals surface area contributed by atoms with Gasteiger partial charge in [-0.2, -0.15) is 0 Å². The molecular formula is C17H25N3O2. The highest BCUT2D eigenvalue weighted by Gasteiger charge is 2.35. The van der Waals surface area contributed by atoms with Crippen LogP contribution in [-0.4, -0.2) is 40.2 Å². The molecule has 1 saturated heterocycles. The molecule has 3 rings (SSSR count). The summed E-state index contributed by atoms with van der Waals surface area (Å²) in [6.45, 7) is 7.54. The van der Waals surface area contributed by atoms with Gasteiger partial charge in [0.05, 0.1) is 5.92 Å². The zero-order valence-electron chi connectivity index (χ0n) is 13.7. The minimum Gasteiger partial charge on any atom is -0.446 e. The zero-order chi connectivity index (χ0) is 15.7. The number of carbonyl (C=O) groups excluding carboxylic acids is 1. The van der Waals surface area contributed by atoms with Crippen LogP contribution in [0.1, 0.15) is 63.3 Å². The van der Waals surface area contributed by atoms with E-state index in [1.807, 2.05) is 19.3 Å². The summed E-state index contributed by atoms with van der Waals surface area (Å²) < 4.78 is 5.45. The lowest BCUT2D eigenvalue weighted by Gasteiger charge is -2.37. The summed E-state index contributed by atoms with van der Waals surface area (Å²) >= 11 is 0. The summed E-state index contributed by atoms with van der Waals surface area (Å²) in [5, 5.41) is 0. The van der Waals surface area contributed by atoms with E-state index < -0.39 is 0 Å². The summed E-state index contributed by atoms with van der Waals surface area (Å²) in [5.74, 6) is 2.32. The molecule has 1 aliphatic carbocycles. The number of aromatic nitrogens is 2. The Balaban J connectivity index is 1.45. The van der Waals surface area contributed by atoms with Crippen molar-refractivity contribution in [1.82, 2.24) is 14.9 Å². The number of rotatable bonds is 5. The quantitative estimate of drug-likeness (QED) is 0.837. The lowest BCUT2D eigenvalue weighted by molar-refractivity contribution is 0.0382. The number of amides is 1. The highest BCUT2D eigenvalue weighted by molar-refractivity contribution is 5.69. The third-order valence-electron chi connectivity index (χ3n) is 4.35. The number of ether oxygens (including phenoxy) is 1. The van der Waals surface area contributed by atoms with Crippen molar-refractivity contribution in [2.24, 2.45) is 5.92 Å². The fraction of sp³-hybridized carbons (Fsp3) is 0.706. The van der Waals surface area contributed by atoms with Crippen LogP contribution in [0, 0.1) is 5.92 Å². The van der Waals surface area contributed by atoms with Crippen LogP contribution in [0.25, 0.3) is 0 Å². The molecule has 0 N–H and O–H groups in total. The van der Waals surface area contributed by atoms with Crippen molar-refractivity contribution in [2.45, 2.75) is 58.0 Å². The fourth-order valence-corrected chi connectivity index (χ4v) is 2.94. The largest absolute Gasteiger partial charge is 0.446 e. The van der Waals surface area contributed by atoms with E-state index in [-0.39, 0.29) is 18.1 Å². The molecule has 5 nitrogen and oxygen atoms in total. The second kappa shape index (κ2) is 6.23. The van der Waals surface area contributed by atoms with E-state index in [2.05, 4.69) is 23.8 Å². The molecule has 2 heterocycles. The second-order valence-corrected chi connectivity index (χ2v) is 7.07. The van der Waals surface area contributed by atoms with Crippen molar-refractivity contribution in [3.63, 3.8) is 0 Å². The summed E-state index contributed by atoms with van der Waals surface area (Å²) in [7, 11) is 0. The fourth-order valence-electron chi connectivity index (χ4n) is 2.94. The number of nitrogens with zero attached hydrogens (tertiary/aromatic N) is 3. The molecule has 1 atom stereocenters. The van der Waals surface area contributed by atoms with Crippen LogP contribution >= 0.6 is 0 Å². The summed E-state index contributed by atoms with van der Waals surface area (Å²) in [5.41, 5.74) is 1.25. The third kappa shape index (κ3) is 3.57. The van der Waals surface area contributed by atoms with Crippen LogP contribution in [-0.2, 0) is 4.74 Å². The zero-order valence-corrected chi connectivity index (χ0v) is 13.7. The van der Waals surface area contributed by atoms with Gasteiger partial charge in [-0.25, -0.2) is 14.8 Å². The summed E-state index contributed by atoms with van der Waals surface area (Å²) in [4.78, 5) is 22.7. The average molecular weight is 303 g/mol. The molecule has 1 saturated carbocycles. The highest BCUT2D eigenvalue weighted by Crippen LogP contribution is 2.39. The van der Waals surface area contributed by atoms with Gasteiger partial charge < -0.3 is 9.64 Å². The van der Waals surface area contributed by atoms with Crippen LogP contribution < -0.4 is 0 Å². The molecule has 0 bridgehead atoms. The Bertz CT molecular complexity index is 519. The van der Waals surface area contributed by atoms with E-state index in [4.69, 9.17) is 4.74 Å². The van der Waals surface area contributed by atoms with Crippen LogP contribution in [0.3, 0.4) is 0 Å². The van der Waals surface area contributed by atoms with Crippen LogP contribution in [0.4, 0.5) is 4.79 Å². The first kappa shape index (κ1) is 15.3. The van der Waals surface area contributed by atoms with Crippen molar-refractivity contribution < 1.29 is 9.53 Å². The Hall–Kier alpha value is -1.65. The molecule has 0 aromatic carbocycles. The van der Waals surface area contributed by atoms with Gasteiger partial charge in [0, 0.05) is 25.5 Å². The molecule has 1 aromatic rings. The predicted octanol–water partition coefficient (Wildman–Crippen LogP) is 3.32. The lowest BCUT2D eigenvalue weighted by Crippen LogP contribution is -2.49. The molecule has 0 unspecified atom stereocenters. The number of hydrogen-bond acceptors (Lipinski definition) is 4. The Morgan fingerprint density at radius 2 is 1.86 bits per heavy atom. The molecule has 1 aliphatic heterocycles. The van der Waals surface area contributed by atoms with E-state index in [0.29, 0.717) is 24.9 Å². The molecule has 5 heteroatoms. The van der Waals surface area contributed by atoms with Crippen LogP contribution in [0.15, 0.2) is 12.4 Å². The second-order valence-electron chi connectivity index (χ2n) is 7.07. The molecule has 0 spiro atoms. The van der Waals surface area contributed by atoms with Gasteiger partial charge in [0.25, 0.3) is 0 Å². The number of carbonyl (C=O) groups is 1. The Kier molecular flexibility index (Phi) is 4.32. The monoisotopic (exact) mass is 303 g/mol. The first-order chi connectivity index (χ1) is 10.5. The normalized spacial score (nSPS) is 19.9. The van der Waals surface area contributed by atoms with E-state index in [1.165, 1.54) is 18.4 Å². The van der Waals surface area contributed by atoms with E-state index in [1.54, 1.807) is 4.90 Å². The summed E-state index contributed by atoms with van der Waals surface area (Å²) in [6, 6.07) is 0. The van der Waals surface area contributed by atoms with Crippen molar-refractivity contribution in [3.05, 3.63) is 23.8 Å². The van der Waals surface area contributed by atoms with Crippen molar-refractivity contribution >= 4 is 6.09 Å². The third-order valence-corrected chi connectivity index (χ3v) is 4.35. The summed E-state index contributed by atoms with van der Waals surface area (Å²) in [6.07, 6.45) is 7.09. The van der Waals surface area contributed by atoms with Crippen LogP contribution in [0.2, 0.25) is 0 Å². The smallest absolute Gasteiger partial charge is 0.410 e. The molecule has 2 aliphatic rings. The van der Waals surface area contributed by atoms with E-state index >= 15 is 0 Å². The first-order valence-electron chi connectivity index (χ1n) is 8.30. The maximum Gasteiger partial charge on any atom is 0.410 e. The van der Waals surface area contributed by atoms with E-state index in [0.717, 1.165) is 12.2 Å². The number of likely N-dealkylation sites (tertiary alicyclic amines) is 1. The maximum absolute atomic E-state index is 12.0. The standard InChI is InChI=1S/C17H25N3O2/c1-11(2)6-12(3)22-17(21)20-9-15(10-20)16-18-7-14(8-19-16)13-4-5-13/h7-8,11-13,15H,4-6,9-10H2,1-3H3/t12-/m0/s1. The van der Waals surface area contributed by atoms with Gasteiger partial charge >= 0.3 is 6.09 Å². The average Bonchev–Trinajstić information content (AvgIpc) is 3.20. The highest BCUT2D eigenvalue weighted by atomic mass is 16.6. The molecular weight excluding hydrogens is 278 g/mol. The molecule has 2 fully saturated rings. The molecule has 1 aromatic heterocycles. The maximum atomic E-state index is 12.0. The first-order valence-corrected chi connectivity index (χ1v) is 8.30. The molecule has 22 heavy (non-hydrogen) atoms. The van der Waals surface area contributed by atoms with Crippen LogP contribution in [0.5, 0.6) is 0 Å². The Morgan fingerprint density at radius 3 is 2.41 bits per heavy atom. The molecule has 1 amide bonds. The lowest BCUT2D eigenvalue weighted by atomic mass is 10.00. The SMILES string of the molecule is CC(C)C[C@H](C)OC(=O)N1CC(c2ncc(C3CC3)cn2)C1. The Morgan fingerprint density at radius 1 is 1.23 bits per heavy atom. The Labute approximate surface area is 132 Å². The van der Waals surface area contributed by atoms with Gasteiger partial charge in [0.15, 0.2) is 0 Å². The van der Waals surface area contributed by atoms with Gasteiger partial charge in [-0.15, -0.1) is 0 Å². The van der Waals surface area contributed by atoms with Gasteiger partial charge in [0.2, 0.25) is 0 Å². The van der Waals surface area contributed by atoms with E-state index in [9.17, 15) is 4.79 Å². The van der Waals surface area contributed by atoms with Gasteiger partial charge in [-0.1, -0.05) is 13.8 Å². The van der Waals surface area contributed by atoms with Gasteiger partial charge in [-0.05, 0) is 43.6 Å².